The number of amides is 1. The molecule has 8 nitrogen and oxygen atoms in total. The number of piperidine rings is 1. The van der Waals surface area contributed by atoms with Gasteiger partial charge in [0.15, 0.2) is 0 Å². The summed E-state index contributed by atoms with van der Waals surface area (Å²) in [6.07, 6.45) is 1.22. The van der Waals surface area contributed by atoms with Crippen molar-refractivity contribution in [3.63, 3.8) is 0 Å². The Morgan fingerprint density at radius 1 is 1.07 bits per heavy atom. The van der Waals surface area contributed by atoms with Crippen molar-refractivity contribution in [2.24, 2.45) is 0 Å². The van der Waals surface area contributed by atoms with E-state index in [1.54, 1.807) is 16.1 Å². The Balaban J connectivity index is 1.47. The number of hydrogen-bond donors (Lipinski definition) is 0. The summed E-state index contributed by atoms with van der Waals surface area (Å²) < 4.78 is 36.8. The molecule has 0 bridgehead atoms. The Bertz CT molecular complexity index is 801. The largest absolute Gasteiger partial charge is 0.490 e. The minimum absolute atomic E-state index is 0.0386. The number of ether oxygens (including phenoxy) is 2. The van der Waals surface area contributed by atoms with Crippen LogP contribution in [-0.2, 0) is 21.3 Å². The minimum Gasteiger partial charge on any atom is -0.490 e. The van der Waals surface area contributed by atoms with Crippen molar-refractivity contribution in [3.05, 3.63) is 29.8 Å². The fourth-order valence-electron chi connectivity index (χ4n) is 3.88. The molecule has 2 aliphatic heterocycles. The van der Waals surface area contributed by atoms with Crippen molar-refractivity contribution in [1.29, 1.82) is 0 Å². The Labute approximate surface area is 179 Å². The first kappa shape index (κ1) is 22.8. The lowest BCUT2D eigenvalue weighted by atomic mass is 10.1. The highest BCUT2D eigenvalue weighted by atomic mass is 32.2. The Morgan fingerprint density at radius 3 is 2.40 bits per heavy atom. The van der Waals surface area contributed by atoms with Gasteiger partial charge in [0, 0.05) is 45.8 Å². The van der Waals surface area contributed by atoms with Crippen LogP contribution in [0.4, 0.5) is 4.79 Å². The molecule has 3 rings (SSSR count). The SMILES string of the molecule is CCOC(=O)N1CCN(Cc2cccc(OC3CCN(S(=O)(=O)CC)CC3)c2)CC1. The molecule has 0 radical (unpaired) electrons. The van der Waals surface area contributed by atoms with E-state index in [1.807, 2.05) is 19.1 Å². The lowest BCUT2D eigenvalue weighted by Gasteiger charge is -2.34. The molecule has 2 saturated heterocycles. The predicted molar refractivity (Wildman–Crippen MR) is 115 cm³/mol. The lowest BCUT2D eigenvalue weighted by Crippen LogP contribution is -2.48. The van der Waals surface area contributed by atoms with Gasteiger partial charge in [0.1, 0.15) is 11.9 Å². The van der Waals surface area contributed by atoms with Crippen molar-refractivity contribution in [1.82, 2.24) is 14.1 Å². The van der Waals surface area contributed by atoms with Gasteiger partial charge in [0.2, 0.25) is 10.0 Å². The summed E-state index contributed by atoms with van der Waals surface area (Å²) >= 11 is 0. The second kappa shape index (κ2) is 10.5. The number of piperazine rings is 1. The quantitative estimate of drug-likeness (QED) is 0.648. The summed E-state index contributed by atoms with van der Waals surface area (Å²) in [6.45, 7) is 8.72. The van der Waals surface area contributed by atoms with Gasteiger partial charge in [-0.15, -0.1) is 0 Å². The van der Waals surface area contributed by atoms with E-state index in [9.17, 15) is 13.2 Å². The topological polar surface area (TPSA) is 79.4 Å². The first-order chi connectivity index (χ1) is 14.4. The van der Waals surface area contributed by atoms with Crippen LogP contribution in [0, 0.1) is 0 Å². The van der Waals surface area contributed by atoms with Crippen molar-refractivity contribution >= 4 is 16.1 Å². The molecule has 1 aromatic rings. The van der Waals surface area contributed by atoms with Crippen molar-refractivity contribution < 1.29 is 22.7 Å². The zero-order valence-corrected chi connectivity index (χ0v) is 18.8. The number of nitrogens with zero attached hydrogens (tertiary/aromatic N) is 3. The minimum atomic E-state index is -3.11. The molecule has 168 valence electrons. The van der Waals surface area contributed by atoms with Crippen LogP contribution in [0.1, 0.15) is 32.3 Å². The van der Waals surface area contributed by atoms with Gasteiger partial charge < -0.3 is 14.4 Å². The van der Waals surface area contributed by atoms with E-state index < -0.39 is 10.0 Å². The Kier molecular flexibility index (Phi) is 7.96. The standard InChI is InChI=1S/C21H33N3O5S/c1-3-28-21(25)23-14-12-22(13-15-23)17-18-6-5-7-20(16-18)29-19-8-10-24(11-9-19)30(26,27)4-2/h5-7,16,19H,3-4,8-15,17H2,1-2H3. The maximum Gasteiger partial charge on any atom is 0.409 e. The molecule has 1 amide bonds. The van der Waals surface area contributed by atoms with Crippen molar-refractivity contribution in [2.75, 3.05) is 51.6 Å². The lowest BCUT2D eigenvalue weighted by molar-refractivity contribution is 0.0778. The summed E-state index contributed by atoms with van der Waals surface area (Å²) in [5.74, 6) is 0.976. The number of hydrogen-bond acceptors (Lipinski definition) is 6. The van der Waals surface area contributed by atoms with E-state index >= 15 is 0 Å². The average Bonchev–Trinajstić information content (AvgIpc) is 2.75. The summed E-state index contributed by atoms with van der Waals surface area (Å²) in [5, 5.41) is 0. The molecular weight excluding hydrogens is 406 g/mol. The molecular formula is C21H33N3O5S. The molecule has 2 aliphatic rings. The van der Waals surface area contributed by atoms with Gasteiger partial charge in [-0.2, -0.15) is 0 Å². The monoisotopic (exact) mass is 439 g/mol. The molecule has 1 aromatic carbocycles. The zero-order valence-electron chi connectivity index (χ0n) is 18.0. The number of carbonyl (C=O) groups excluding carboxylic acids is 1. The molecule has 0 aliphatic carbocycles. The van der Waals surface area contributed by atoms with Gasteiger partial charge in [-0.05, 0) is 44.4 Å². The predicted octanol–water partition coefficient (Wildman–Crippen LogP) is 2.15. The maximum atomic E-state index is 12.0. The van der Waals surface area contributed by atoms with Crippen molar-refractivity contribution in [2.45, 2.75) is 39.3 Å². The van der Waals surface area contributed by atoms with Gasteiger partial charge >= 0.3 is 6.09 Å². The third-order valence-electron chi connectivity index (χ3n) is 5.66. The summed E-state index contributed by atoms with van der Waals surface area (Å²) in [6, 6.07) is 8.10. The van der Waals surface area contributed by atoms with Crippen LogP contribution >= 0.6 is 0 Å². The van der Waals surface area contributed by atoms with E-state index in [2.05, 4.69) is 17.0 Å². The van der Waals surface area contributed by atoms with Crippen LogP contribution in [0.5, 0.6) is 5.75 Å². The third kappa shape index (κ3) is 6.09. The van der Waals surface area contributed by atoms with Crippen LogP contribution < -0.4 is 4.74 Å². The van der Waals surface area contributed by atoms with Gasteiger partial charge in [-0.1, -0.05) is 12.1 Å². The van der Waals surface area contributed by atoms with Crippen LogP contribution in [0.2, 0.25) is 0 Å². The van der Waals surface area contributed by atoms with Gasteiger partial charge in [0.25, 0.3) is 0 Å². The first-order valence-electron chi connectivity index (χ1n) is 10.8. The summed E-state index contributed by atoms with van der Waals surface area (Å²) in [4.78, 5) is 15.9. The van der Waals surface area contributed by atoms with Crippen LogP contribution in [0.25, 0.3) is 0 Å². The summed E-state index contributed by atoms with van der Waals surface area (Å²) in [7, 11) is -3.11. The van der Waals surface area contributed by atoms with E-state index in [0.29, 0.717) is 45.6 Å². The molecule has 0 unspecified atom stereocenters. The number of carbonyl (C=O) groups is 1. The van der Waals surface area contributed by atoms with Crippen LogP contribution in [0.15, 0.2) is 24.3 Å². The van der Waals surface area contributed by atoms with Crippen LogP contribution in [-0.4, -0.2) is 86.3 Å². The third-order valence-corrected chi connectivity index (χ3v) is 7.55. The van der Waals surface area contributed by atoms with E-state index in [0.717, 1.165) is 25.4 Å². The average molecular weight is 440 g/mol. The van der Waals surface area contributed by atoms with Gasteiger partial charge in [-0.25, -0.2) is 17.5 Å². The highest BCUT2D eigenvalue weighted by Crippen LogP contribution is 2.22. The highest BCUT2D eigenvalue weighted by Gasteiger charge is 2.27. The van der Waals surface area contributed by atoms with E-state index in [1.165, 1.54) is 5.56 Å². The molecule has 2 heterocycles. The number of rotatable bonds is 7. The summed E-state index contributed by atoms with van der Waals surface area (Å²) in [5.41, 5.74) is 1.17. The molecule has 0 saturated carbocycles. The molecule has 9 heteroatoms. The second-order valence-electron chi connectivity index (χ2n) is 7.73. The Hall–Kier alpha value is -1.84. The molecule has 0 spiro atoms. The van der Waals surface area contributed by atoms with Crippen molar-refractivity contribution in [3.8, 4) is 5.75 Å². The zero-order chi connectivity index (χ0) is 21.6. The highest BCUT2D eigenvalue weighted by molar-refractivity contribution is 7.89. The Morgan fingerprint density at radius 2 is 1.77 bits per heavy atom. The van der Waals surface area contributed by atoms with Gasteiger partial charge in [-0.3, -0.25) is 4.90 Å². The molecule has 0 N–H and O–H groups in total. The van der Waals surface area contributed by atoms with Gasteiger partial charge in [0.05, 0.1) is 12.4 Å². The number of sulfonamides is 1. The molecule has 0 aromatic heterocycles. The normalized spacial score (nSPS) is 19.6. The molecule has 30 heavy (non-hydrogen) atoms. The number of benzene rings is 1. The van der Waals surface area contributed by atoms with Crippen LogP contribution in [0.3, 0.4) is 0 Å². The fourth-order valence-corrected chi connectivity index (χ4v) is 5.01. The maximum absolute atomic E-state index is 12.0. The molecule has 0 atom stereocenters. The van der Waals surface area contributed by atoms with E-state index in [4.69, 9.17) is 9.47 Å². The smallest absolute Gasteiger partial charge is 0.409 e. The fraction of sp³-hybridized carbons (Fsp3) is 0.667. The van der Waals surface area contributed by atoms with E-state index in [-0.39, 0.29) is 18.0 Å². The molecule has 2 fully saturated rings. The first-order valence-corrected chi connectivity index (χ1v) is 12.4. The second-order valence-corrected chi connectivity index (χ2v) is 9.98.